The Balaban J connectivity index is 2.32. The maximum absolute atomic E-state index is 3.67. The van der Waals surface area contributed by atoms with E-state index in [1.54, 1.807) is 0 Å². The van der Waals surface area contributed by atoms with Gasteiger partial charge in [0, 0.05) is 6.04 Å². The summed E-state index contributed by atoms with van der Waals surface area (Å²) in [6.07, 6.45) is 6.92. The van der Waals surface area contributed by atoms with Crippen molar-refractivity contribution in [1.82, 2.24) is 5.32 Å². The van der Waals surface area contributed by atoms with E-state index in [1.165, 1.54) is 38.6 Å². The zero-order chi connectivity index (χ0) is 11.5. The van der Waals surface area contributed by atoms with E-state index in [2.05, 4.69) is 39.9 Å². The van der Waals surface area contributed by atoms with Gasteiger partial charge in [-0.3, -0.25) is 0 Å². The van der Waals surface area contributed by atoms with Crippen LogP contribution in [0, 0.1) is 10.8 Å². The molecule has 1 aliphatic rings. The quantitative estimate of drug-likeness (QED) is 0.700. The van der Waals surface area contributed by atoms with Gasteiger partial charge in [0.15, 0.2) is 0 Å². The molecule has 15 heavy (non-hydrogen) atoms. The Bertz CT molecular complexity index is 186. The molecule has 0 aromatic rings. The van der Waals surface area contributed by atoms with Crippen LogP contribution in [-0.4, -0.2) is 12.6 Å². The summed E-state index contributed by atoms with van der Waals surface area (Å²) in [4.78, 5) is 0. The van der Waals surface area contributed by atoms with Crippen molar-refractivity contribution in [2.75, 3.05) is 6.54 Å². The topological polar surface area (TPSA) is 12.0 Å². The van der Waals surface area contributed by atoms with Crippen molar-refractivity contribution in [3.63, 3.8) is 0 Å². The van der Waals surface area contributed by atoms with Crippen molar-refractivity contribution in [3.05, 3.63) is 0 Å². The van der Waals surface area contributed by atoms with Gasteiger partial charge in [-0.05, 0) is 56.4 Å². The number of rotatable bonds is 6. The van der Waals surface area contributed by atoms with Crippen LogP contribution in [-0.2, 0) is 0 Å². The fourth-order valence-corrected chi connectivity index (χ4v) is 2.26. The van der Waals surface area contributed by atoms with Crippen LogP contribution in [0.15, 0.2) is 0 Å². The molecule has 1 fully saturated rings. The van der Waals surface area contributed by atoms with Crippen molar-refractivity contribution in [3.8, 4) is 0 Å². The predicted octanol–water partition coefficient (Wildman–Crippen LogP) is 3.98. The van der Waals surface area contributed by atoms with Gasteiger partial charge in [0.1, 0.15) is 0 Å². The smallest absolute Gasteiger partial charge is 0.00951 e. The molecule has 0 aliphatic heterocycles. The molecule has 1 unspecified atom stereocenters. The minimum absolute atomic E-state index is 0.500. The van der Waals surface area contributed by atoms with Crippen molar-refractivity contribution in [2.24, 2.45) is 10.8 Å². The molecule has 1 atom stereocenters. The van der Waals surface area contributed by atoms with E-state index in [9.17, 15) is 0 Å². The lowest BCUT2D eigenvalue weighted by Crippen LogP contribution is -2.35. The van der Waals surface area contributed by atoms with Crippen molar-refractivity contribution >= 4 is 0 Å². The fraction of sp³-hybridized carbons (Fsp3) is 1.00. The third kappa shape index (κ3) is 4.14. The summed E-state index contributed by atoms with van der Waals surface area (Å²) in [5.74, 6) is 0. The summed E-state index contributed by atoms with van der Waals surface area (Å²) < 4.78 is 0. The summed E-state index contributed by atoms with van der Waals surface area (Å²) >= 11 is 0. The maximum atomic E-state index is 3.67. The molecule has 90 valence electrons. The lowest BCUT2D eigenvalue weighted by molar-refractivity contribution is 0.265. The lowest BCUT2D eigenvalue weighted by Gasteiger charge is -2.28. The molecule has 1 rings (SSSR count). The molecular weight excluding hydrogens is 182 g/mol. The molecule has 1 nitrogen and oxygen atoms in total. The van der Waals surface area contributed by atoms with Crippen molar-refractivity contribution < 1.29 is 0 Å². The van der Waals surface area contributed by atoms with Crippen LogP contribution >= 0.6 is 0 Å². The molecule has 1 N–H and O–H groups in total. The molecule has 0 heterocycles. The zero-order valence-electron chi connectivity index (χ0n) is 11.3. The van der Waals surface area contributed by atoms with E-state index in [0.29, 0.717) is 10.8 Å². The van der Waals surface area contributed by atoms with Gasteiger partial charge in [0.25, 0.3) is 0 Å². The van der Waals surface area contributed by atoms with Gasteiger partial charge in [0.05, 0.1) is 0 Å². The average Bonchev–Trinajstić information content (AvgIpc) is 2.91. The molecule has 0 spiro atoms. The second kappa shape index (κ2) is 4.86. The third-order valence-corrected chi connectivity index (χ3v) is 3.88. The van der Waals surface area contributed by atoms with Gasteiger partial charge in [0.2, 0.25) is 0 Å². The van der Waals surface area contributed by atoms with E-state index in [1.807, 2.05) is 0 Å². The molecule has 1 heteroatoms. The monoisotopic (exact) mass is 211 g/mol. The van der Waals surface area contributed by atoms with Crippen molar-refractivity contribution in [2.45, 2.75) is 72.8 Å². The predicted molar refractivity (Wildman–Crippen MR) is 68.1 cm³/mol. The highest BCUT2D eigenvalue weighted by Crippen LogP contribution is 2.53. The van der Waals surface area contributed by atoms with Crippen LogP contribution in [0.3, 0.4) is 0 Å². The summed E-state index contributed by atoms with van der Waals surface area (Å²) in [6.45, 7) is 12.9. The number of hydrogen-bond acceptors (Lipinski definition) is 1. The zero-order valence-corrected chi connectivity index (χ0v) is 11.3. The van der Waals surface area contributed by atoms with Gasteiger partial charge < -0.3 is 5.32 Å². The first-order valence-electron chi connectivity index (χ1n) is 6.63. The minimum atomic E-state index is 0.500. The summed E-state index contributed by atoms with van der Waals surface area (Å²) in [7, 11) is 0. The van der Waals surface area contributed by atoms with Crippen molar-refractivity contribution in [1.29, 1.82) is 0 Å². The minimum Gasteiger partial charge on any atom is -0.314 e. The lowest BCUT2D eigenvalue weighted by atomic mass is 9.82. The first-order valence-corrected chi connectivity index (χ1v) is 6.63. The van der Waals surface area contributed by atoms with E-state index in [0.717, 1.165) is 6.04 Å². The molecular formula is C14H29N. The van der Waals surface area contributed by atoms with Crippen LogP contribution in [0.5, 0.6) is 0 Å². The highest BCUT2D eigenvalue weighted by Gasteiger charge is 2.46. The fourth-order valence-electron chi connectivity index (χ4n) is 2.26. The average molecular weight is 211 g/mol. The third-order valence-electron chi connectivity index (χ3n) is 3.88. The van der Waals surface area contributed by atoms with Crippen LogP contribution in [0.1, 0.15) is 66.7 Å². The molecule has 0 amide bonds. The van der Waals surface area contributed by atoms with Gasteiger partial charge in [-0.25, -0.2) is 0 Å². The molecule has 1 aliphatic carbocycles. The van der Waals surface area contributed by atoms with Crippen LogP contribution in [0.25, 0.3) is 0 Å². The van der Waals surface area contributed by atoms with Crippen LogP contribution in [0.2, 0.25) is 0 Å². The SMILES string of the molecule is CCCNC(C)C1(CCC(C)(C)C)CC1. The molecule has 0 aromatic heterocycles. The summed E-state index contributed by atoms with van der Waals surface area (Å²) in [5.41, 5.74) is 1.16. The molecule has 1 saturated carbocycles. The Morgan fingerprint density at radius 1 is 1.27 bits per heavy atom. The normalized spacial score (nSPS) is 21.4. The Morgan fingerprint density at radius 2 is 1.87 bits per heavy atom. The second-order valence-electron chi connectivity index (χ2n) is 6.60. The summed E-state index contributed by atoms with van der Waals surface area (Å²) in [6, 6.07) is 0.722. The highest BCUT2D eigenvalue weighted by molar-refractivity contribution is 5.00. The largest absolute Gasteiger partial charge is 0.314 e. The van der Waals surface area contributed by atoms with Crippen LogP contribution < -0.4 is 5.32 Å². The maximum Gasteiger partial charge on any atom is 0.00951 e. The Hall–Kier alpha value is -0.0400. The molecule has 0 aromatic carbocycles. The molecule has 0 bridgehead atoms. The van der Waals surface area contributed by atoms with Gasteiger partial charge in [-0.15, -0.1) is 0 Å². The van der Waals surface area contributed by atoms with Gasteiger partial charge >= 0.3 is 0 Å². The Labute approximate surface area is 96.0 Å². The van der Waals surface area contributed by atoms with E-state index < -0.39 is 0 Å². The molecule has 0 radical (unpaired) electrons. The van der Waals surface area contributed by atoms with Crippen LogP contribution in [0.4, 0.5) is 0 Å². The second-order valence-corrected chi connectivity index (χ2v) is 6.60. The first kappa shape index (κ1) is 13.0. The first-order chi connectivity index (χ1) is 6.90. The standard InChI is InChI=1S/C14H29N/c1-6-11-15-12(2)14(9-10-14)8-7-13(3,4)5/h12,15H,6-11H2,1-5H3. The molecule has 0 saturated heterocycles. The van der Waals surface area contributed by atoms with E-state index in [-0.39, 0.29) is 0 Å². The van der Waals surface area contributed by atoms with Gasteiger partial charge in [-0.2, -0.15) is 0 Å². The Kier molecular flexibility index (Phi) is 4.22. The van der Waals surface area contributed by atoms with E-state index in [4.69, 9.17) is 0 Å². The number of hydrogen-bond donors (Lipinski definition) is 1. The summed E-state index contributed by atoms with van der Waals surface area (Å²) in [5, 5.41) is 3.67. The number of nitrogens with one attached hydrogen (secondary N) is 1. The van der Waals surface area contributed by atoms with E-state index >= 15 is 0 Å². The highest BCUT2D eigenvalue weighted by atomic mass is 14.9. The van der Waals surface area contributed by atoms with Gasteiger partial charge in [-0.1, -0.05) is 27.7 Å². The Morgan fingerprint density at radius 3 is 2.27 bits per heavy atom.